The third kappa shape index (κ3) is 4.00. The first kappa shape index (κ1) is 15.8. The molecule has 0 aromatic carbocycles. The number of rotatable bonds is 5. The van der Waals surface area contributed by atoms with Gasteiger partial charge in [-0.25, -0.2) is 4.68 Å². The Labute approximate surface area is 135 Å². The lowest BCUT2D eigenvalue weighted by Gasteiger charge is -2.27. The molecule has 7 heteroatoms. The van der Waals surface area contributed by atoms with Gasteiger partial charge in [-0.3, -0.25) is 4.79 Å². The van der Waals surface area contributed by atoms with Crippen molar-refractivity contribution in [1.82, 2.24) is 25.5 Å². The van der Waals surface area contributed by atoms with Crippen LogP contribution in [0.3, 0.4) is 0 Å². The highest BCUT2D eigenvalue weighted by Gasteiger charge is 2.23. The average Bonchev–Trinajstić information content (AvgIpc) is 3.16. The third-order valence-corrected chi connectivity index (χ3v) is 5.70. The van der Waals surface area contributed by atoms with Crippen LogP contribution in [0.4, 0.5) is 0 Å². The molecule has 0 spiro atoms. The van der Waals surface area contributed by atoms with Crippen LogP contribution in [0.5, 0.6) is 0 Å². The molecule has 2 fully saturated rings. The van der Waals surface area contributed by atoms with E-state index in [1.54, 1.807) is 0 Å². The summed E-state index contributed by atoms with van der Waals surface area (Å²) in [7, 11) is 0. The van der Waals surface area contributed by atoms with E-state index < -0.39 is 0 Å². The summed E-state index contributed by atoms with van der Waals surface area (Å²) < 4.78 is 1.91. The van der Waals surface area contributed by atoms with Crippen LogP contribution in [0.25, 0.3) is 0 Å². The summed E-state index contributed by atoms with van der Waals surface area (Å²) in [5, 5.41) is 15.9. The van der Waals surface area contributed by atoms with Crippen molar-refractivity contribution in [3.05, 3.63) is 0 Å². The molecule has 2 aliphatic rings. The highest BCUT2D eigenvalue weighted by Crippen LogP contribution is 2.31. The molecule has 1 amide bonds. The smallest absolute Gasteiger partial charge is 0.230 e. The molecule has 1 heterocycles. The quantitative estimate of drug-likeness (QED) is 0.843. The van der Waals surface area contributed by atoms with Gasteiger partial charge in [0.25, 0.3) is 0 Å². The molecular weight excluding hydrogens is 298 g/mol. The number of thioether (sulfide) groups is 1. The Kier molecular flexibility index (Phi) is 5.33. The van der Waals surface area contributed by atoms with Crippen LogP contribution in [-0.4, -0.2) is 37.9 Å². The number of nitrogens with one attached hydrogen (secondary N) is 1. The Hall–Kier alpha value is -1.11. The van der Waals surface area contributed by atoms with E-state index in [2.05, 4.69) is 27.8 Å². The Morgan fingerprint density at radius 2 is 2.09 bits per heavy atom. The van der Waals surface area contributed by atoms with Crippen LogP contribution in [-0.2, 0) is 4.79 Å². The predicted octanol–water partition coefficient (Wildman–Crippen LogP) is 2.58. The lowest BCUT2D eigenvalue weighted by atomic mass is 9.87. The number of amides is 1. The molecule has 2 unspecified atom stereocenters. The van der Waals surface area contributed by atoms with E-state index in [9.17, 15) is 4.79 Å². The molecule has 0 aliphatic heterocycles. The van der Waals surface area contributed by atoms with Crippen molar-refractivity contribution < 1.29 is 4.79 Å². The Balaban J connectivity index is 1.48. The molecule has 2 aliphatic carbocycles. The van der Waals surface area contributed by atoms with Gasteiger partial charge in [-0.1, -0.05) is 44.4 Å². The first-order valence-corrected chi connectivity index (χ1v) is 9.41. The van der Waals surface area contributed by atoms with Crippen molar-refractivity contribution in [1.29, 1.82) is 0 Å². The number of hydrogen-bond acceptors (Lipinski definition) is 5. The second kappa shape index (κ2) is 7.44. The molecule has 1 aromatic rings. The summed E-state index contributed by atoms with van der Waals surface area (Å²) >= 11 is 1.45. The molecule has 0 radical (unpaired) electrons. The van der Waals surface area contributed by atoms with E-state index in [1.165, 1.54) is 37.4 Å². The maximum absolute atomic E-state index is 12.1. The summed E-state index contributed by atoms with van der Waals surface area (Å²) in [5.41, 5.74) is 0. The minimum Gasteiger partial charge on any atom is -0.353 e. The van der Waals surface area contributed by atoms with Gasteiger partial charge in [0.05, 0.1) is 11.8 Å². The zero-order chi connectivity index (χ0) is 15.4. The van der Waals surface area contributed by atoms with Crippen LogP contribution in [0.15, 0.2) is 5.16 Å². The number of hydrogen-bond donors (Lipinski definition) is 1. The van der Waals surface area contributed by atoms with Crippen LogP contribution in [0.1, 0.15) is 64.3 Å². The molecule has 122 valence electrons. The molecule has 2 atom stereocenters. The molecule has 0 bridgehead atoms. The summed E-state index contributed by atoms with van der Waals surface area (Å²) in [5.74, 6) is 1.23. The molecule has 1 N–H and O–H groups in total. The van der Waals surface area contributed by atoms with E-state index in [0.29, 0.717) is 17.8 Å². The van der Waals surface area contributed by atoms with Crippen molar-refractivity contribution in [2.24, 2.45) is 5.92 Å². The van der Waals surface area contributed by atoms with E-state index in [-0.39, 0.29) is 5.91 Å². The lowest BCUT2D eigenvalue weighted by molar-refractivity contribution is -0.119. The van der Waals surface area contributed by atoms with E-state index in [1.807, 2.05) is 4.68 Å². The highest BCUT2D eigenvalue weighted by atomic mass is 32.2. The molecule has 22 heavy (non-hydrogen) atoms. The maximum atomic E-state index is 12.1. The summed E-state index contributed by atoms with van der Waals surface area (Å²) in [6.45, 7) is 2.27. The summed E-state index contributed by atoms with van der Waals surface area (Å²) in [4.78, 5) is 12.1. The monoisotopic (exact) mass is 323 g/mol. The van der Waals surface area contributed by atoms with Gasteiger partial charge in [0.2, 0.25) is 11.1 Å². The predicted molar refractivity (Wildman–Crippen MR) is 85.6 cm³/mol. The van der Waals surface area contributed by atoms with Crippen LogP contribution >= 0.6 is 11.8 Å². The first-order valence-electron chi connectivity index (χ1n) is 8.42. The van der Waals surface area contributed by atoms with Crippen molar-refractivity contribution in [3.8, 4) is 0 Å². The summed E-state index contributed by atoms with van der Waals surface area (Å²) in [6.07, 6.45) is 9.51. The van der Waals surface area contributed by atoms with Gasteiger partial charge >= 0.3 is 0 Å². The zero-order valence-electron chi connectivity index (χ0n) is 13.2. The minimum atomic E-state index is 0.102. The fourth-order valence-corrected chi connectivity index (χ4v) is 4.38. The summed E-state index contributed by atoms with van der Waals surface area (Å²) in [6, 6.07) is 0.766. The fraction of sp³-hybridized carbons (Fsp3) is 0.867. The lowest BCUT2D eigenvalue weighted by Crippen LogP contribution is -2.38. The van der Waals surface area contributed by atoms with Crippen molar-refractivity contribution in [2.45, 2.75) is 75.5 Å². The number of carbonyl (C=O) groups excluding carboxylic acids is 1. The standard InChI is InChI=1S/C15H25N5OS/c1-11-5-4-6-12(9-11)16-14(21)10-22-15-17-18-19-20(15)13-7-2-3-8-13/h11-13H,2-10H2,1H3,(H,16,21). The second-order valence-electron chi connectivity index (χ2n) is 6.67. The zero-order valence-corrected chi connectivity index (χ0v) is 14.0. The van der Waals surface area contributed by atoms with E-state index in [0.717, 1.165) is 36.8 Å². The topological polar surface area (TPSA) is 72.7 Å². The highest BCUT2D eigenvalue weighted by molar-refractivity contribution is 7.99. The van der Waals surface area contributed by atoms with Gasteiger partial charge in [-0.2, -0.15) is 0 Å². The van der Waals surface area contributed by atoms with Crippen LogP contribution < -0.4 is 5.32 Å². The molecule has 1 aromatic heterocycles. The normalized spacial score (nSPS) is 26.2. The SMILES string of the molecule is CC1CCCC(NC(=O)CSc2nnnn2C2CCCC2)C1. The molecule has 2 saturated carbocycles. The minimum absolute atomic E-state index is 0.102. The maximum Gasteiger partial charge on any atom is 0.230 e. The first-order chi connectivity index (χ1) is 10.7. The van der Waals surface area contributed by atoms with E-state index in [4.69, 9.17) is 0 Å². The largest absolute Gasteiger partial charge is 0.353 e. The van der Waals surface area contributed by atoms with Gasteiger partial charge < -0.3 is 5.32 Å². The van der Waals surface area contributed by atoms with Crippen LogP contribution in [0.2, 0.25) is 0 Å². The number of nitrogens with zero attached hydrogens (tertiary/aromatic N) is 4. The second-order valence-corrected chi connectivity index (χ2v) is 7.61. The average molecular weight is 323 g/mol. The molecule has 3 rings (SSSR count). The van der Waals surface area contributed by atoms with Gasteiger partial charge in [0.15, 0.2) is 0 Å². The molecule has 0 saturated heterocycles. The van der Waals surface area contributed by atoms with Crippen molar-refractivity contribution in [2.75, 3.05) is 5.75 Å². The van der Waals surface area contributed by atoms with Crippen LogP contribution in [0, 0.1) is 5.92 Å². The fourth-order valence-electron chi connectivity index (χ4n) is 3.62. The Morgan fingerprint density at radius 1 is 1.27 bits per heavy atom. The van der Waals surface area contributed by atoms with Gasteiger partial charge in [-0.15, -0.1) is 5.10 Å². The number of tetrazole rings is 1. The van der Waals surface area contributed by atoms with Crippen molar-refractivity contribution in [3.63, 3.8) is 0 Å². The third-order valence-electron chi connectivity index (χ3n) is 4.77. The Bertz CT molecular complexity index is 500. The molecule has 6 nitrogen and oxygen atoms in total. The Morgan fingerprint density at radius 3 is 2.86 bits per heavy atom. The van der Waals surface area contributed by atoms with Gasteiger partial charge in [0, 0.05) is 6.04 Å². The van der Waals surface area contributed by atoms with Crippen molar-refractivity contribution >= 4 is 17.7 Å². The number of aromatic nitrogens is 4. The van der Waals surface area contributed by atoms with E-state index >= 15 is 0 Å². The van der Waals surface area contributed by atoms with Gasteiger partial charge in [0.1, 0.15) is 0 Å². The number of carbonyl (C=O) groups is 1. The van der Waals surface area contributed by atoms with Gasteiger partial charge in [-0.05, 0) is 42.0 Å². The molecular formula is C15H25N5OS.